The van der Waals surface area contributed by atoms with E-state index in [1.807, 2.05) is 0 Å². The summed E-state index contributed by atoms with van der Waals surface area (Å²) in [4.78, 5) is 20.5. The minimum absolute atomic E-state index is 0.0112. The van der Waals surface area contributed by atoms with Gasteiger partial charge in [-0.2, -0.15) is 13.2 Å². The highest BCUT2D eigenvalue weighted by atomic mass is 35.5. The Kier molecular flexibility index (Phi) is 4.38. The van der Waals surface area contributed by atoms with Gasteiger partial charge in [-0.1, -0.05) is 11.6 Å². The first-order valence-corrected chi connectivity index (χ1v) is 7.57. The summed E-state index contributed by atoms with van der Waals surface area (Å²) in [5.41, 5.74) is 0.251. The van der Waals surface area contributed by atoms with E-state index in [0.29, 0.717) is 0 Å². The summed E-state index contributed by atoms with van der Waals surface area (Å²) < 4.78 is 40.1. The number of imidazole rings is 1. The van der Waals surface area contributed by atoms with Gasteiger partial charge >= 0.3 is 6.18 Å². The van der Waals surface area contributed by atoms with Crippen LogP contribution in [0.3, 0.4) is 0 Å². The zero-order valence-corrected chi connectivity index (χ0v) is 13.7. The molecule has 0 aliphatic heterocycles. The lowest BCUT2D eigenvalue weighted by molar-refractivity contribution is -0.137. The molecule has 9 heteroatoms. The highest BCUT2D eigenvalue weighted by molar-refractivity contribution is 6.33. The molecule has 1 amide bonds. The fraction of sp³-hybridized carbons (Fsp3) is 0.188. The molecule has 3 aromatic heterocycles. The van der Waals surface area contributed by atoms with Gasteiger partial charge in [0.1, 0.15) is 5.69 Å². The number of amides is 1. The van der Waals surface area contributed by atoms with E-state index < -0.39 is 17.6 Å². The number of aromatic nitrogens is 3. The number of hydrogen-bond acceptors (Lipinski definition) is 3. The lowest BCUT2D eigenvalue weighted by Gasteiger charge is -2.10. The monoisotopic (exact) mass is 368 g/mol. The van der Waals surface area contributed by atoms with Crippen LogP contribution in [-0.4, -0.2) is 20.3 Å². The van der Waals surface area contributed by atoms with Crippen LogP contribution in [-0.2, 0) is 12.7 Å². The summed E-state index contributed by atoms with van der Waals surface area (Å²) in [7, 11) is 0. The van der Waals surface area contributed by atoms with Crippen LogP contribution in [0, 0.1) is 6.92 Å². The number of hydrogen-bond donors (Lipinski definition) is 1. The molecule has 3 heterocycles. The van der Waals surface area contributed by atoms with E-state index in [1.165, 1.54) is 6.92 Å². The number of fused-ring (bicyclic) bond motifs is 1. The molecule has 0 atom stereocenters. The minimum Gasteiger partial charge on any atom is -0.347 e. The average molecular weight is 369 g/mol. The number of rotatable bonds is 3. The predicted molar refractivity (Wildman–Crippen MR) is 85.3 cm³/mol. The van der Waals surface area contributed by atoms with E-state index in [9.17, 15) is 18.0 Å². The summed E-state index contributed by atoms with van der Waals surface area (Å²) in [5.74, 6) is -0.544. The minimum atomic E-state index is -4.58. The molecule has 0 unspecified atom stereocenters. The van der Waals surface area contributed by atoms with Crippen molar-refractivity contribution in [2.45, 2.75) is 19.6 Å². The summed E-state index contributed by atoms with van der Waals surface area (Å²) in [6.45, 7) is 1.75. The van der Waals surface area contributed by atoms with Gasteiger partial charge in [0, 0.05) is 25.1 Å². The van der Waals surface area contributed by atoms with Crippen LogP contribution < -0.4 is 5.32 Å². The number of halogens is 4. The van der Waals surface area contributed by atoms with Gasteiger partial charge < -0.3 is 5.32 Å². The molecular formula is C16H12ClF3N4O. The molecule has 3 rings (SSSR count). The van der Waals surface area contributed by atoms with Crippen LogP contribution in [0.1, 0.15) is 27.3 Å². The summed E-state index contributed by atoms with van der Waals surface area (Å²) >= 11 is 5.91. The van der Waals surface area contributed by atoms with Crippen molar-refractivity contribution in [3.05, 3.63) is 64.3 Å². The molecule has 0 saturated carbocycles. The first-order valence-electron chi connectivity index (χ1n) is 7.20. The Hall–Kier alpha value is -2.61. The normalized spacial score (nSPS) is 11.7. The second-order valence-corrected chi connectivity index (χ2v) is 5.76. The van der Waals surface area contributed by atoms with Crippen LogP contribution >= 0.6 is 11.6 Å². The molecule has 0 aliphatic rings. The lowest BCUT2D eigenvalue weighted by atomic mass is 10.2. The lowest BCUT2D eigenvalue weighted by Crippen LogP contribution is -2.25. The van der Waals surface area contributed by atoms with Crippen molar-refractivity contribution in [2.24, 2.45) is 0 Å². The van der Waals surface area contributed by atoms with Crippen molar-refractivity contribution in [1.82, 2.24) is 19.7 Å². The SMILES string of the molecule is Cc1nc2c(Cl)cc(C(F)(F)F)cn2c1C(=O)NCc1ccncc1. The third-order valence-electron chi connectivity index (χ3n) is 3.59. The van der Waals surface area contributed by atoms with Crippen molar-refractivity contribution in [3.63, 3.8) is 0 Å². The standard InChI is InChI=1S/C16H12ClF3N4O/c1-9-13(15(25)22-7-10-2-4-21-5-3-10)24-8-11(16(18,19)20)6-12(17)14(24)23-9/h2-6,8H,7H2,1H3,(H,22,25). The molecular weight excluding hydrogens is 357 g/mol. The van der Waals surface area contributed by atoms with Crippen molar-refractivity contribution in [1.29, 1.82) is 0 Å². The first-order chi connectivity index (χ1) is 11.8. The highest BCUT2D eigenvalue weighted by Crippen LogP contribution is 2.33. The first kappa shape index (κ1) is 17.2. The number of aryl methyl sites for hydroxylation is 1. The van der Waals surface area contributed by atoms with Crippen molar-refractivity contribution in [2.75, 3.05) is 0 Å². The average Bonchev–Trinajstić information content (AvgIpc) is 2.89. The molecule has 0 saturated heterocycles. The summed E-state index contributed by atoms with van der Waals surface area (Å²) in [6.07, 6.45) is -0.601. The Morgan fingerprint density at radius 1 is 1.32 bits per heavy atom. The van der Waals surface area contributed by atoms with Crippen LogP contribution in [0.4, 0.5) is 13.2 Å². The number of carbonyl (C=O) groups is 1. The Morgan fingerprint density at radius 3 is 2.64 bits per heavy atom. The molecule has 25 heavy (non-hydrogen) atoms. The molecule has 5 nitrogen and oxygen atoms in total. The van der Waals surface area contributed by atoms with E-state index in [4.69, 9.17) is 11.6 Å². The maximum absolute atomic E-state index is 13.0. The molecule has 0 radical (unpaired) electrons. The van der Waals surface area contributed by atoms with E-state index in [-0.39, 0.29) is 28.6 Å². The van der Waals surface area contributed by atoms with Gasteiger partial charge in [-0.15, -0.1) is 0 Å². The molecule has 0 aliphatic carbocycles. The third-order valence-corrected chi connectivity index (χ3v) is 3.87. The molecule has 0 spiro atoms. The summed E-state index contributed by atoms with van der Waals surface area (Å²) in [6, 6.07) is 4.24. The van der Waals surface area contributed by atoms with Crippen LogP contribution in [0.2, 0.25) is 5.02 Å². The van der Waals surface area contributed by atoms with Crippen LogP contribution in [0.15, 0.2) is 36.8 Å². The van der Waals surface area contributed by atoms with E-state index >= 15 is 0 Å². The fourth-order valence-corrected chi connectivity index (χ4v) is 2.66. The molecule has 1 N–H and O–H groups in total. The molecule has 3 aromatic rings. The maximum Gasteiger partial charge on any atom is 0.417 e. The largest absolute Gasteiger partial charge is 0.417 e. The van der Waals surface area contributed by atoms with Crippen molar-refractivity contribution >= 4 is 23.2 Å². The maximum atomic E-state index is 13.0. The summed E-state index contributed by atoms with van der Waals surface area (Å²) in [5, 5.41) is 2.49. The second-order valence-electron chi connectivity index (χ2n) is 5.35. The van der Waals surface area contributed by atoms with Gasteiger partial charge in [-0.05, 0) is 30.7 Å². The van der Waals surface area contributed by atoms with Gasteiger partial charge in [0.2, 0.25) is 0 Å². The Labute approximate surface area is 145 Å². The Bertz CT molecular complexity index is 938. The topological polar surface area (TPSA) is 59.3 Å². The predicted octanol–water partition coefficient (Wildman–Crippen LogP) is 3.64. The fourth-order valence-electron chi connectivity index (χ4n) is 2.41. The number of alkyl halides is 3. The highest BCUT2D eigenvalue weighted by Gasteiger charge is 2.32. The number of nitrogens with zero attached hydrogens (tertiary/aromatic N) is 3. The molecule has 0 aromatic carbocycles. The van der Waals surface area contributed by atoms with E-state index in [2.05, 4.69) is 15.3 Å². The van der Waals surface area contributed by atoms with Gasteiger partial charge in [-0.25, -0.2) is 4.98 Å². The number of carbonyl (C=O) groups excluding carboxylic acids is 1. The van der Waals surface area contributed by atoms with Crippen molar-refractivity contribution < 1.29 is 18.0 Å². The third kappa shape index (κ3) is 3.43. The zero-order valence-electron chi connectivity index (χ0n) is 12.9. The zero-order chi connectivity index (χ0) is 18.2. The van der Waals surface area contributed by atoms with E-state index in [1.54, 1.807) is 24.5 Å². The Balaban J connectivity index is 1.98. The molecule has 0 bridgehead atoms. The van der Waals surface area contributed by atoms with Gasteiger partial charge in [0.15, 0.2) is 5.65 Å². The molecule has 130 valence electrons. The van der Waals surface area contributed by atoms with Gasteiger partial charge in [0.25, 0.3) is 5.91 Å². The van der Waals surface area contributed by atoms with Gasteiger partial charge in [-0.3, -0.25) is 14.2 Å². The van der Waals surface area contributed by atoms with Crippen LogP contribution in [0.5, 0.6) is 0 Å². The van der Waals surface area contributed by atoms with E-state index in [0.717, 1.165) is 22.2 Å². The number of nitrogens with one attached hydrogen (secondary N) is 1. The quantitative estimate of drug-likeness (QED) is 0.767. The smallest absolute Gasteiger partial charge is 0.347 e. The number of pyridine rings is 2. The van der Waals surface area contributed by atoms with Crippen molar-refractivity contribution in [3.8, 4) is 0 Å². The van der Waals surface area contributed by atoms with Crippen LogP contribution in [0.25, 0.3) is 5.65 Å². The second kappa shape index (κ2) is 6.36. The Morgan fingerprint density at radius 2 is 2.00 bits per heavy atom. The molecule has 0 fully saturated rings. The van der Waals surface area contributed by atoms with Gasteiger partial charge in [0.05, 0.1) is 16.3 Å².